The Labute approximate surface area is 232 Å². The average molecular weight is 538 g/mol. The van der Waals surface area contributed by atoms with Crippen LogP contribution < -0.4 is 9.47 Å². The van der Waals surface area contributed by atoms with Crippen LogP contribution in [0, 0.1) is 6.92 Å². The van der Waals surface area contributed by atoms with E-state index in [-0.39, 0.29) is 17.9 Å². The molecule has 1 aliphatic heterocycles. The molecule has 2 aromatic carbocycles. The van der Waals surface area contributed by atoms with Gasteiger partial charge in [-0.2, -0.15) is 0 Å². The maximum Gasteiger partial charge on any atom is 0.295 e. The molecule has 1 aliphatic rings. The monoisotopic (exact) mass is 537 g/mol. The largest absolute Gasteiger partial charge is 0.505 e. The zero-order valence-corrected chi connectivity index (χ0v) is 22.5. The Morgan fingerprint density at radius 3 is 2.58 bits per heavy atom. The molecule has 8 nitrogen and oxygen atoms in total. The Bertz CT molecular complexity index is 1610. The van der Waals surface area contributed by atoms with Crippen molar-refractivity contribution in [3.05, 3.63) is 114 Å². The molecule has 204 valence electrons. The first-order valence-electron chi connectivity index (χ1n) is 13.2. The Morgan fingerprint density at radius 1 is 1.05 bits per heavy atom. The number of aliphatic hydroxyl groups is 1. The molecule has 3 heterocycles. The number of amides is 1. The zero-order valence-electron chi connectivity index (χ0n) is 22.5. The normalized spacial score (nSPS) is 16.4. The Hall–Kier alpha value is -4.85. The molecular weight excluding hydrogens is 506 g/mol. The van der Waals surface area contributed by atoms with Gasteiger partial charge in [0.15, 0.2) is 17.3 Å². The summed E-state index contributed by atoms with van der Waals surface area (Å²) in [6.45, 7) is 8.29. The fraction of sp³-hybridized carbons (Fsp3) is 0.219. The number of nitrogens with zero attached hydrogens (tertiary/aromatic N) is 3. The number of aliphatic hydroxyl groups excluding tert-OH is 1. The van der Waals surface area contributed by atoms with Crippen molar-refractivity contribution in [3.8, 4) is 11.5 Å². The van der Waals surface area contributed by atoms with E-state index in [4.69, 9.17) is 9.47 Å². The summed E-state index contributed by atoms with van der Waals surface area (Å²) >= 11 is 0. The number of fused-ring (bicyclic) bond motifs is 1. The van der Waals surface area contributed by atoms with Gasteiger partial charge >= 0.3 is 0 Å². The maximum atomic E-state index is 13.6. The van der Waals surface area contributed by atoms with Crippen molar-refractivity contribution in [3.63, 3.8) is 0 Å². The van der Waals surface area contributed by atoms with Crippen LogP contribution in [0.4, 0.5) is 0 Å². The number of hydrogen-bond acceptors (Lipinski definition) is 6. The highest BCUT2D eigenvalue weighted by Crippen LogP contribution is 2.42. The van der Waals surface area contributed by atoms with Crippen LogP contribution >= 0.6 is 0 Å². The molecule has 2 aromatic heterocycles. The molecule has 1 unspecified atom stereocenters. The van der Waals surface area contributed by atoms with Gasteiger partial charge in [0.2, 0.25) is 0 Å². The molecule has 0 radical (unpaired) electrons. The van der Waals surface area contributed by atoms with Gasteiger partial charge in [0.25, 0.3) is 11.7 Å². The minimum atomic E-state index is -0.843. The van der Waals surface area contributed by atoms with Gasteiger partial charge in [-0.3, -0.25) is 14.0 Å². The third kappa shape index (κ3) is 4.96. The van der Waals surface area contributed by atoms with Crippen molar-refractivity contribution >= 4 is 23.1 Å². The number of likely N-dealkylation sites (tertiary alicyclic amines) is 1. The highest BCUT2D eigenvalue weighted by atomic mass is 16.5. The molecule has 5 rings (SSSR count). The van der Waals surface area contributed by atoms with E-state index in [2.05, 4.69) is 11.6 Å². The second-order valence-corrected chi connectivity index (χ2v) is 9.44. The number of aryl methyl sites for hydroxylation is 1. The summed E-state index contributed by atoms with van der Waals surface area (Å²) in [5, 5.41) is 11.7. The van der Waals surface area contributed by atoms with Crippen LogP contribution in [-0.2, 0) is 16.0 Å². The number of carbonyl (C=O) groups excluding carboxylic acids is 2. The first-order chi connectivity index (χ1) is 19.4. The van der Waals surface area contributed by atoms with E-state index in [0.717, 1.165) is 5.56 Å². The predicted octanol–water partition coefficient (Wildman–Crippen LogP) is 5.27. The number of aromatic nitrogens is 2. The molecule has 0 bridgehead atoms. The molecule has 8 heteroatoms. The quantitative estimate of drug-likeness (QED) is 0.128. The zero-order chi connectivity index (χ0) is 28.2. The second kappa shape index (κ2) is 11.5. The summed E-state index contributed by atoms with van der Waals surface area (Å²) in [4.78, 5) is 33.2. The molecule has 0 spiro atoms. The molecular formula is C32H31N3O5. The standard InChI is InChI=1S/C32H31N3O5/c1-4-19-40-24-15-14-23(20-25(24)39-5-2)29-27(30(36)28-21(3)33-26-13-9-10-17-34(26)28)31(37)32(38)35(29)18-16-22-11-7-6-8-12-22/h4,6-15,17,20,29,36H,1,5,16,18-19H2,2-3H3. The van der Waals surface area contributed by atoms with Gasteiger partial charge in [0.1, 0.15) is 17.9 Å². The minimum Gasteiger partial charge on any atom is -0.505 e. The van der Waals surface area contributed by atoms with Crippen molar-refractivity contribution in [1.82, 2.24) is 14.3 Å². The van der Waals surface area contributed by atoms with E-state index < -0.39 is 17.7 Å². The van der Waals surface area contributed by atoms with Gasteiger partial charge in [0.05, 0.1) is 23.9 Å². The first-order valence-corrected chi connectivity index (χ1v) is 13.2. The van der Waals surface area contributed by atoms with Gasteiger partial charge in [-0.15, -0.1) is 0 Å². The summed E-state index contributed by atoms with van der Waals surface area (Å²) < 4.78 is 13.3. The smallest absolute Gasteiger partial charge is 0.295 e. The van der Waals surface area contributed by atoms with Crippen LogP contribution in [0.1, 0.15) is 35.5 Å². The van der Waals surface area contributed by atoms with Crippen molar-refractivity contribution in [2.75, 3.05) is 19.8 Å². The molecule has 1 fully saturated rings. The third-order valence-electron chi connectivity index (χ3n) is 6.89. The van der Waals surface area contributed by atoms with Crippen molar-refractivity contribution in [2.24, 2.45) is 0 Å². The fourth-order valence-electron chi connectivity index (χ4n) is 5.11. The number of carbonyl (C=O) groups is 2. The van der Waals surface area contributed by atoms with Gasteiger partial charge in [-0.05, 0) is 55.7 Å². The summed E-state index contributed by atoms with van der Waals surface area (Å²) in [7, 11) is 0. The van der Waals surface area contributed by atoms with E-state index >= 15 is 0 Å². The van der Waals surface area contributed by atoms with E-state index in [0.29, 0.717) is 53.7 Å². The SMILES string of the molecule is C=CCOc1ccc(C2C(=C(O)c3c(C)nc4ccccn34)C(=O)C(=O)N2CCc2ccccc2)cc1OCC. The van der Waals surface area contributed by atoms with Crippen LogP contribution in [0.5, 0.6) is 11.5 Å². The van der Waals surface area contributed by atoms with Crippen LogP contribution in [0.15, 0.2) is 91.2 Å². The lowest BCUT2D eigenvalue weighted by atomic mass is 9.95. The van der Waals surface area contributed by atoms with Crippen LogP contribution in [-0.4, -0.2) is 50.8 Å². The maximum absolute atomic E-state index is 13.6. The summed E-state index contributed by atoms with van der Waals surface area (Å²) in [5.41, 5.74) is 3.20. The third-order valence-corrected chi connectivity index (χ3v) is 6.89. The number of ether oxygens (including phenoxy) is 2. The fourth-order valence-corrected chi connectivity index (χ4v) is 5.11. The Kier molecular flexibility index (Phi) is 7.68. The van der Waals surface area contributed by atoms with E-state index in [1.165, 1.54) is 4.90 Å². The van der Waals surface area contributed by atoms with Gasteiger partial charge in [-0.1, -0.05) is 55.1 Å². The molecule has 1 amide bonds. The van der Waals surface area contributed by atoms with Crippen molar-refractivity contribution in [2.45, 2.75) is 26.3 Å². The first kappa shape index (κ1) is 26.7. The van der Waals surface area contributed by atoms with Crippen LogP contribution in [0.3, 0.4) is 0 Å². The van der Waals surface area contributed by atoms with E-state index in [9.17, 15) is 14.7 Å². The van der Waals surface area contributed by atoms with Crippen molar-refractivity contribution < 1.29 is 24.2 Å². The average Bonchev–Trinajstić information content (AvgIpc) is 3.43. The highest BCUT2D eigenvalue weighted by molar-refractivity contribution is 6.46. The number of ketones is 1. The number of Topliss-reactive ketones (excluding diaryl/α,β-unsaturated/α-hetero) is 1. The minimum absolute atomic E-state index is 0.00835. The van der Waals surface area contributed by atoms with Gasteiger partial charge < -0.3 is 19.5 Å². The summed E-state index contributed by atoms with van der Waals surface area (Å²) in [5.74, 6) is -0.692. The lowest BCUT2D eigenvalue weighted by Crippen LogP contribution is -2.31. The number of imidazole rings is 1. The molecule has 0 saturated carbocycles. The number of rotatable bonds is 10. The molecule has 4 aromatic rings. The summed E-state index contributed by atoms with van der Waals surface area (Å²) in [6.07, 6.45) is 3.95. The molecule has 40 heavy (non-hydrogen) atoms. The highest BCUT2D eigenvalue weighted by Gasteiger charge is 2.46. The topological polar surface area (TPSA) is 93.4 Å². The molecule has 1 atom stereocenters. The molecule has 0 aliphatic carbocycles. The van der Waals surface area contributed by atoms with Crippen LogP contribution in [0.25, 0.3) is 11.4 Å². The second-order valence-electron chi connectivity index (χ2n) is 9.44. The van der Waals surface area contributed by atoms with Gasteiger partial charge in [0, 0.05) is 12.7 Å². The van der Waals surface area contributed by atoms with E-state index in [1.54, 1.807) is 41.8 Å². The van der Waals surface area contributed by atoms with Crippen LogP contribution in [0.2, 0.25) is 0 Å². The number of benzene rings is 2. The van der Waals surface area contributed by atoms with Gasteiger partial charge in [-0.25, -0.2) is 4.98 Å². The predicted molar refractivity (Wildman–Crippen MR) is 152 cm³/mol. The molecule has 1 saturated heterocycles. The number of hydrogen-bond donors (Lipinski definition) is 1. The van der Waals surface area contributed by atoms with E-state index in [1.807, 2.05) is 55.5 Å². The Balaban J connectivity index is 1.66. The number of pyridine rings is 1. The van der Waals surface area contributed by atoms with Crippen molar-refractivity contribution in [1.29, 1.82) is 0 Å². The lowest BCUT2D eigenvalue weighted by Gasteiger charge is -2.26. The molecule has 1 N–H and O–H groups in total. The Morgan fingerprint density at radius 2 is 1.82 bits per heavy atom. The summed E-state index contributed by atoms with van der Waals surface area (Å²) in [6, 6.07) is 19.7. The lowest BCUT2D eigenvalue weighted by molar-refractivity contribution is -0.139.